The van der Waals surface area contributed by atoms with Crippen LogP contribution in [0.25, 0.3) is 0 Å². The number of aliphatic hydroxyl groups excluding tert-OH is 5. The van der Waals surface area contributed by atoms with Gasteiger partial charge >= 0.3 is 0 Å². The van der Waals surface area contributed by atoms with E-state index in [1.54, 1.807) is 0 Å². The normalized spacial score (nSPS) is 48.9. The molecular formula is C27H44O8. The van der Waals surface area contributed by atoms with Crippen LogP contribution in [0.4, 0.5) is 0 Å². The van der Waals surface area contributed by atoms with E-state index in [1.165, 1.54) is 13.0 Å². The van der Waals surface area contributed by atoms with Gasteiger partial charge in [0.05, 0.1) is 41.7 Å². The second kappa shape index (κ2) is 8.58. The van der Waals surface area contributed by atoms with Crippen molar-refractivity contribution >= 4 is 5.78 Å². The van der Waals surface area contributed by atoms with Gasteiger partial charge in [-0.25, -0.2) is 0 Å². The van der Waals surface area contributed by atoms with Crippen molar-refractivity contribution in [2.75, 3.05) is 0 Å². The largest absolute Gasteiger partial charge is 0.393 e. The van der Waals surface area contributed by atoms with E-state index in [0.717, 1.165) is 0 Å². The van der Waals surface area contributed by atoms with Crippen molar-refractivity contribution in [3.05, 3.63) is 11.6 Å². The van der Waals surface area contributed by atoms with Crippen LogP contribution in [0.1, 0.15) is 73.1 Å². The first-order valence-corrected chi connectivity index (χ1v) is 13.1. The highest BCUT2D eigenvalue weighted by atomic mass is 16.3. The van der Waals surface area contributed by atoms with Crippen LogP contribution in [0, 0.1) is 34.5 Å². The van der Waals surface area contributed by atoms with Gasteiger partial charge in [0, 0.05) is 23.7 Å². The predicted molar refractivity (Wildman–Crippen MR) is 128 cm³/mol. The molecule has 200 valence electrons. The van der Waals surface area contributed by atoms with Gasteiger partial charge in [-0.3, -0.25) is 4.79 Å². The van der Waals surface area contributed by atoms with Gasteiger partial charge in [0.25, 0.3) is 0 Å². The Kier molecular flexibility index (Phi) is 6.66. The molecule has 0 amide bonds. The van der Waals surface area contributed by atoms with E-state index in [2.05, 4.69) is 0 Å². The number of hydrogen-bond acceptors (Lipinski definition) is 8. The van der Waals surface area contributed by atoms with Crippen molar-refractivity contribution in [2.24, 2.45) is 34.5 Å². The molecule has 0 heterocycles. The molecule has 1 unspecified atom stereocenters. The van der Waals surface area contributed by atoms with Crippen molar-refractivity contribution in [3.63, 3.8) is 0 Å². The summed E-state index contributed by atoms with van der Waals surface area (Å²) < 4.78 is 0. The zero-order chi connectivity index (χ0) is 26.3. The summed E-state index contributed by atoms with van der Waals surface area (Å²) in [5.41, 5.74) is -4.53. The van der Waals surface area contributed by atoms with Gasteiger partial charge in [0.15, 0.2) is 5.78 Å². The van der Waals surface area contributed by atoms with E-state index in [9.17, 15) is 40.5 Å². The van der Waals surface area contributed by atoms with Crippen molar-refractivity contribution < 1.29 is 40.5 Å². The molecule has 4 aliphatic carbocycles. The van der Waals surface area contributed by atoms with Gasteiger partial charge in [-0.2, -0.15) is 0 Å². The summed E-state index contributed by atoms with van der Waals surface area (Å²) in [7, 11) is 0. The Morgan fingerprint density at radius 1 is 1.09 bits per heavy atom. The van der Waals surface area contributed by atoms with E-state index >= 15 is 0 Å². The van der Waals surface area contributed by atoms with E-state index < -0.39 is 70.3 Å². The molecule has 3 saturated carbocycles. The molecule has 0 aromatic rings. The van der Waals surface area contributed by atoms with Crippen LogP contribution in [0.2, 0.25) is 0 Å². The first kappa shape index (κ1) is 27.2. The quantitative estimate of drug-likeness (QED) is 0.293. The third-order valence-electron chi connectivity index (χ3n) is 10.7. The molecule has 3 fully saturated rings. The Balaban J connectivity index is 1.72. The molecule has 0 aliphatic heterocycles. The molecule has 0 bridgehead atoms. The Morgan fingerprint density at radius 2 is 1.71 bits per heavy atom. The Labute approximate surface area is 207 Å². The van der Waals surface area contributed by atoms with E-state index in [-0.39, 0.29) is 43.8 Å². The molecule has 7 N–H and O–H groups in total. The lowest BCUT2D eigenvalue weighted by Gasteiger charge is -2.62. The van der Waals surface area contributed by atoms with Crippen molar-refractivity contribution in [1.82, 2.24) is 0 Å². The third kappa shape index (κ3) is 3.78. The fourth-order valence-corrected chi connectivity index (χ4v) is 8.40. The standard InChI is InChI=1S/C27H44O8/c1-13(2)16(28)10-22(33)26(5,34)21-6-7-27(35)15-9-17(29)14-8-18(30)19(31)11-24(14,3)23(15)20(32)12-25(21,27)4/h9,13-14,16,18-23,28,30-35H,6-8,10-12H2,1-5H3/t14-,16?,18+,19-,20+,21-,22+,23+,24-,25+,26+,27+/m0/s1. The SMILES string of the molecule is CC(C)C(O)C[C@@H](O)[C@](C)(O)[C@H]1CC[C@@]2(O)C3=CC(=O)[C@@H]4C[C@@H](O)[C@@H](O)C[C@]4(C)[C@H]3[C@H](O)C[C@]12C. The van der Waals surface area contributed by atoms with E-state index in [0.29, 0.717) is 12.0 Å². The second-order valence-corrected chi connectivity index (χ2v) is 13.0. The summed E-state index contributed by atoms with van der Waals surface area (Å²) in [6.07, 6.45) is -2.52. The minimum Gasteiger partial charge on any atom is -0.393 e. The first-order chi connectivity index (χ1) is 16.0. The second-order valence-electron chi connectivity index (χ2n) is 13.0. The monoisotopic (exact) mass is 496 g/mol. The average molecular weight is 497 g/mol. The average Bonchev–Trinajstić information content (AvgIpc) is 3.01. The third-order valence-corrected chi connectivity index (χ3v) is 10.7. The molecule has 0 saturated heterocycles. The van der Waals surface area contributed by atoms with Gasteiger partial charge in [0.1, 0.15) is 0 Å². The molecule has 0 aromatic carbocycles. The number of carbonyl (C=O) groups excluding carboxylic acids is 1. The predicted octanol–water partition coefficient (Wildman–Crippen LogP) is 0.681. The fourth-order valence-electron chi connectivity index (χ4n) is 8.40. The number of ketones is 1. The molecule has 8 nitrogen and oxygen atoms in total. The molecule has 4 aliphatic rings. The maximum Gasteiger partial charge on any atom is 0.159 e. The van der Waals surface area contributed by atoms with Gasteiger partial charge in [0.2, 0.25) is 0 Å². The molecule has 0 radical (unpaired) electrons. The Hall–Kier alpha value is -0.870. The highest BCUT2D eigenvalue weighted by Gasteiger charge is 2.71. The summed E-state index contributed by atoms with van der Waals surface area (Å²) in [4.78, 5) is 13.3. The van der Waals surface area contributed by atoms with Crippen LogP contribution in [0.5, 0.6) is 0 Å². The van der Waals surface area contributed by atoms with Crippen molar-refractivity contribution in [1.29, 1.82) is 0 Å². The minimum atomic E-state index is -1.64. The summed E-state index contributed by atoms with van der Waals surface area (Å²) >= 11 is 0. The molecule has 0 aromatic heterocycles. The number of carbonyl (C=O) groups is 1. The number of allylic oxidation sites excluding steroid dienone is 1. The first-order valence-electron chi connectivity index (χ1n) is 13.1. The number of fused-ring (bicyclic) bond motifs is 5. The highest BCUT2D eigenvalue weighted by Crippen LogP contribution is 2.68. The van der Waals surface area contributed by atoms with E-state index in [4.69, 9.17) is 0 Å². The maximum atomic E-state index is 13.3. The van der Waals surface area contributed by atoms with Crippen LogP contribution in [0.3, 0.4) is 0 Å². The smallest absolute Gasteiger partial charge is 0.159 e. The molecular weight excluding hydrogens is 452 g/mol. The van der Waals surface area contributed by atoms with Crippen LogP contribution in [-0.2, 0) is 4.79 Å². The van der Waals surface area contributed by atoms with Crippen LogP contribution in [-0.4, -0.2) is 83.3 Å². The van der Waals surface area contributed by atoms with Crippen molar-refractivity contribution in [2.45, 2.75) is 115 Å². The lowest BCUT2D eigenvalue weighted by atomic mass is 9.44. The molecule has 0 spiro atoms. The molecule has 35 heavy (non-hydrogen) atoms. The number of rotatable bonds is 5. The van der Waals surface area contributed by atoms with Gasteiger partial charge in [-0.1, -0.05) is 27.7 Å². The van der Waals surface area contributed by atoms with Crippen LogP contribution >= 0.6 is 0 Å². The van der Waals surface area contributed by atoms with Gasteiger partial charge in [-0.15, -0.1) is 0 Å². The lowest BCUT2D eigenvalue weighted by molar-refractivity contribution is -0.198. The van der Waals surface area contributed by atoms with Crippen LogP contribution in [0.15, 0.2) is 11.6 Å². The summed E-state index contributed by atoms with van der Waals surface area (Å²) in [6, 6.07) is 0. The summed E-state index contributed by atoms with van der Waals surface area (Å²) in [6.45, 7) is 8.87. The Bertz CT molecular complexity index is 884. The summed E-state index contributed by atoms with van der Waals surface area (Å²) in [5, 5.41) is 77.3. The summed E-state index contributed by atoms with van der Waals surface area (Å²) in [5.74, 6) is -2.03. The molecule has 8 heteroatoms. The minimum absolute atomic E-state index is 0.0119. The van der Waals surface area contributed by atoms with Gasteiger partial charge < -0.3 is 35.7 Å². The van der Waals surface area contributed by atoms with Crippen molar-refractivity contribution in [3.8, 4) is 0 Å². The number of hydrogen-bond donors (Lipinski definition) is 7. The molecule has 12 atom stereocenters. The highest BCUT2D eigenvalue weighted by molar-refractivity contribution is 5.95. The zero-order valence-corrected chi connectivity index (χ0v) is 21.6. The lowest BCUT2D eigenvalue weighted by Crippen LogP contribution is -2.66. The van der Waals surface area contributed by atoms with Crippen LogP contribution < -0.4 is 0 Å². The fraction of sp³-hybridized carbons (Fsp3) is 0.889. The number of aliphatic hydroxyl groups is 7. The zero-order valence-electron chi connectivity index (χ0n) is 21.6. The Morgan fingerprint density at radius 3 is 2.31 bits per heavy atom. The molecule has 4 rings (SSSR count). The topological polar surface area (TPSA) is 159 Å². The maximum absolute atomic E-state index is 13.3. The van der Waals surface area contributed by atoms with E-state index in [1.807, 2.05) is 27.7 Å². The van der Waals surface area contributed by atoms with Gasteiger partial charge in [-0.05, 0) is 67.9 Å².